The van der Waals surface area contributed by atoms with Gasteiger partial charge >= 0.3 is 0 Å². The average molecular weight is 395 g/mol. The van der Waals surface area contributed by atoms with Gasteiger partial charge in [0.15, 0.2) is 0 Å². The van der Waals surface area contributed by atoms with Crippen LogP contribution in [0.15, 0.2) is 84.6 Å². The minimum absolute atomic E-state index is 0.809. The van der Waals surface area contributed by atoms with Gasteiger partial charge in [-0.1, -0.05) is 54.6 Å². The molecular formula is C24H18N4S. The molecule has 0 spiro atoms. The Balaban J connectivity index is 1.55. The van der Waals surface area contributed by atoms with Crippen LogP contribution in [-0.2, 0) is 0 Å². The van der Waals surface area contributed by atoms with Crippen molar-refractivity contribution in [2.75, 3.05) is 5.32 Å². The third-order valence-electron chi connectivity index (χ3n) is 4.83. The molecule has 5 rings (SSSR count). The molecule has 0 aliphatic rings. The summed E-state index contributed by atoms with van der Waals surface area (Å²) in [4.78, 5) is 14.2. The van der Waals surface area contributed by atoms with Crippen molar-refractivity contribution in [2.24, 2.45) is 0 Å². The van der Waals surface area contributed by atoms with Crippen LogP contribution >= 0.6 is 11.3 Å². The number of fused-ring (bicyclic) bond motifs is 1. The van der Waals surface area contributed by atoms with Crippen molar-refractivity contribution in [1.82, 2.24) is 15.0 Å². The molecule has 3 aromatic heterocycles. The van der Waals surface area contributed by atoms with Gasteiger partial charge in [-0.2, -0.15) is 0 Å². The number of nitrogens with one attached hydrogen (secondary N) is 1. The Morgan fingerprint density at radius 3 is 2.34 bits per heavy atom. The molecule has 0 atom stereocenters. The van der Waals surface area contributed by atoms with E-state index in [0.717, 1.165) is 38.5 Å². The van der Waals surface area contributed by atoms with Gasteiger partial charge in [0.05, 0.1) is 5.39 Å². The van der Waals surface area contributed by atoms with E-state index in [-0.39, 0.29) is 0 Å². The highest BCUT2D eigenvalue weighted by Crippen LogP contribution is 2.38. The van der Waals surface area contributed by atoms with E-state index in [4.69, 9.17) is 0 Å². The van der Waals surface area contributed by atoms with Gasteiger partial charge in [0.1, 0.15) is 17.0 Å². The van der Waals surface area contributed by atoms with Crippen LogP contribution in [0.1, 0.15) is 5.69 Å². The van der Waals surface area contributed by atoms with Crippen LogP contribution in [0.25, 0.3) is 32.5 Å². The van der Waals surface area contributed by atoms with E-state index < -0.39 is 0 Å². The standard InChI is InChI=1S/C24H18N4S/c1-16-13-20(11-12-25-16)28-23-22-21(14-29-24(22)27-15-26-23)19-9-7-18(8-10-19)17-5-3-2-4-6-17/h2-15H,1H3,(H,25,26,27,28). The Hall–Kier alpha value is -3.57. The monoisotopic (exact) mass is 394 g/mol. The van der Waals surface area contributed by atoms with Crippen molar-refractivity contribution in [2.45, 2.75) is 6.92 Å². The zero-order chi connectivity index (χ0) is 19.6. The van der Waals surface area contributed by atoms with Crippen LogP contribution in [0.4, 0.5) is 11.5 Å². The molecule has 140 valence electrons. The molecule has 0 aliphatic heterocycles. The Bertz CT molecular complexity index is 1280. The lowest BCUT2D eigenvalue weighted by Gasteiger charge is -2.09. The first-order chi connectivity index (χ1) is 14.3. The highest BCUT2D eigenvalue weighted by Gasteiger charge is 2.13. The molecule has 2 aromatic carbocycles. The van der Waals surface area contributed by atoms with Crippen LogP contribution in [0.2, 0.25) is 0 Å². The Kier molecular flexibility index (Phi) is 4.50. The molecule has 29 heavy (non-hydrogen) atoms. The molecule has 0 bridgehead atoms. The third-order valence-corrected chi connectivity index (χ3v) is 5.72. The van der Waals surface area contributed by atoms with E-state index in [1.165, 1.54) is 11.1 Å². The zero-order valence-electron chi connectivity index (χ0n) is 15.8. The molecule has 0 saturated carbocycles. The molecular weight excluding hydrogens is 376 g/mol. The number of aryl methyl sites for hydroxylation is 1. The molecule has 0 amide bonds. The van der Waals surface area contributed by atoms with Gasteiger partial charge in [0, 0.05) is 28.5 Å². The minimum atomic E-state index is 0.809. The third kappa shape index (κ3) is 3.48. The molecule has 0 saturated heterocycles. The summed E-state index contributed by atoms with van der Waals surface area (Å²) in [5, 5.41) is 6.63. The van der Waals surface area contributed by atoms with Crippen molar-refractivity contribution in [3.63, 3.8) is 0 Å². The molecule has 0 fully saturated rings. The Morgan fingerprint density at radius 1 is 0.793 bits per heavy atom. The maximum atomic E-state index is 4.52. The maximum absolute atomic E-state index is 4.52. The molecule has 5 heteroatoms. The van der Waals surface area contributed by atoms with Gasteiger partial charge in [-0.25, -0.2) is 9.97 Å². The van der Waals surface area contributed by atoms with Crippen molar-refractivity contribution in [1.29, 1.82) is 0 Å². The lowest BCUT2D eigenvalue weighted by atomic mass is 10.0. The van der Waals surface area contributed by atoms with Crippen molar-refractivity contribution < 1.29 is 0 Å². The zero-order valence-corrected chi connectivity index (χ0v) is 16.6. The first-order valence-corrected chi connectivity index (χ1v) is 10.2. The lowest BCUT2D eigenvalue weighted by Crippen LogP contribution is -1.96. The van der Waals surface area contributed by atoms with Crippen LogP contribution < -0.4 is 5.32 Å². The molecule has 0 radical (unpaired) electrons. The Labute approximate surface area is 172 Å². The second kappa shape index (κ2) is 7.45. The minimum Gasteiger partial charge on any atom is -0.339 e. The van der Waals surface area contributed by atoms with Crippen LogP contribution in [0.5, 0.6) is 0 Å². The number of hydrogen-bond acceptors (Lipinski definition) is 5. The van der Waals surface area contributed by atoms with Crippen molar-refractivity contribution >= 4 is 33.1 Å². The van der Waals surface area contributed by atoms with Crippen molar-refractivity contribution in [3.05, 3.63) is 90.3 Å². The molecule has 4 nitrogen and oxygen atoms in total. The van der Waals surface area contributed by atoms with Gasteiger partial charge in [-0.3, -0.25) is 4.98 Å². The number of nitrogens with zero attached hydrogens (tertiary/aromatic N) is 3. The second-order valence-corrected chi connectivity index (χ2v) is 7.66. The summed E-state index contributed by atoms with van der Waals surface area (Å²) in [6.45, 7) is 1.98. The summed E-state index contributed by atoms with van der Waals surface area (Å²) in [7, 11) is 0. The highest BCUT2D eigenvalue weighted by atomic mass is 32.1. The fourth-order valence-corrected chi connectivity index (χ4v) is 4.33. The number of aromatic nitrogens is 3. The summed E-state index contributed by atoms with van der Waals surface area (Å²) < 4.78 is 0. The van der Waals surface area contributed by atoms with Crippen LogP contribution in [0.3, 0.4) is 0 Å². The molecule has 5 aromatic rings. The number of pyridine rings is 1. The van der Waals surface area contributed by atoms with Crippen LogP contribution in [0, 0.1) is 6.92 Å². The topological polar surface area (TPSA) is 50.7 Å². The molecule has 3 heterocycles. The molecule has 0 aliphatic carbocycles. The second-order valence-electron chi connectivity index (χ2n) is 6.81. The fraction of sp³-hybridized carbons (Fsp3) is 0.0417. The van der Waals surface area contributed by atoms with Gasteiger partial charge in [-0.05, 0) is 35.7 Å². The summed E-state index contributed by atoms with van der Waals surface area (Å²) in [5.41, 5.74) is 6.64. The smallest absolute Gasteiger partial charge is 0.143 e. The summed E-state index contributed by atoms with van der Waals surface area (Å²) >= 11 is 1.63. The predicted octanol–water partition coefficient (Wildman–Crippen LogP) is 6.47. The maximum Gasteiger partial charge on any atom is 0.143 e. The van der Waals surface area contributed by atoms with E-state index in [9.17, 15) is 0 Å². The van der Waals surface area contributed by atoms with Gasteiger partial charge in [0.2, 0.25) is 0 Å². The largest absolute Gasteiger partial charge is 0.339 e. The average Bonchev–Trinajstić information content (AvgIpc) is 3.20. The van der Waals surface area contributed by atoms with Gasteiger partial charge < -0.3 is 5.32 Å². The summed E-state index contributed by atoms with van der Waals surface area (Å²) in [6.07, 6.45) is 3.41. The molecule has 1 N–H and O–H groups in total. The van der Waals surface area contributed by atoms with E-state index >= 15 is 0 Å². The number of hydrogen-bond donors (Lipinski definition) is 1. The predicted molar refractivity (Wildman–Crippen MR) is 121 cm³/mol. The van der Waals surface area contributed by atoms with Crippen molar-refractivity contribution in [3.8, 4) is 22.3 Å². The Morgan fingerprint density at radius 2 is 1.55 bits per heavy atom. The number of thiophene rings is 1. The van der Waals surface area contributed by atoms with E-state index in [1.54, 1.807) is 23.9 Å². The summed E-state index contributed by atoms with van der Waals surface area (Å²) in [6, 6.07) is 23.0. The van der Waals surface area contributed by atoms with E-state index in [1.807, 2.05) is 25.1 Å². The normalized spacial score (nSPS) is 10.9. The highest BCUT2D eigenvalue weighted by molar-refractivity contribution is 7.17. The first kappa shape index (κ1) is 17.5. The fourth-order valence-electron chi connectivity index (χ4n) is 3.42. The number of anilines is 2. The first-order valence-electron chi connectivity index (χ1n) is 9.36. The van der Waals surface area contributed by atoms with E-state index in [0.29, 0.717) is 0 Å². The van der Waals surface area contributed by atoms with Gasteiger partial charge in [-0.15, -0.1) is 11.3 Å². The SMILES string of the molecule is Cc1cc(Nc2ncnc3scc(-c4ccc(-c5ccccc5)cc4)c23)ccn1. The lowest BCUT2D eigenvalue weighted by molar-refractivity contribution is 1.19. The number of benzene rings is 2. The number of rotatable bonds is 4. The molecule has 0 unspecified atom stereocenters. The van der Waals surface area contributed by atoms with Gasteiger partial charge in [0.25, 0.3) is 0 Å². The quantitative estimate of drug-likeness (QED) is 0.379. The van der Waals surface area contributed by atoms with Crippen LogP contribution in [-0.4, -0.2) is 15.0 Å². The van der Waals surface area contributed by atoms with E-state index in [2.05, 4.69) is 74.2 Å². The summed E-state index contributed by atoms with van der Waals surface area (Å²) in [5.74, 6) is 0.809.